The van der Waals surface area contributed by atoms with E-state index < -0.39 is 0 Å². The van der Waals surface area contributed by atoms with Crippen molar-refractivity contribution in [2.45, 2.75) is 6.42 Å². The first-order valence-corrected chi connectivity index (χ1v) is 8.91. The van der Waals surface area contributed by atoms with Gasteiger partial charge in [0.05, 0.1) is 11.3 Å². The average Bonchev–Trinajstić information content (AvgIpc) is 2.64. The highest BCUT2D eigenvalue weighted by atomic mass is 35.5. The largest absolute Gasteiger partial charge is 0.362 e. The third kappa shape index (κ3) is 4.08. The average molecular weight is 394 g/mol. The number of amides is 1. The number of benzene rings is 2. The zero-order chi connectivity index (χ0) is 18.7. The number of nitrogens with zero attached hydrogens (tertiary/aromatic N) is 3. The van der Waals surface area contributed by atoms with Gasteiger partial charge in [-0.15, -0.1) is 0 Å². The second kappa shape index (κ2) is 7.93. The Morgan fingerprint density at radius 3 is 2.42 bits per heavy atom. The Morgan fingerprint density at radius 2 is 1.77 bits per heavy atom. The molecular weight excluding hydrogens is 377 g/mol. The fraction of sp³-hybridized carbons (Fsp3) is 0.278. The zero-order valence-electron chi connectivity index (χ0n) is 13.9. The van der Waals surface area contributed by atoms with Gasteiger partial charge in [0, 0.05) is 42.3 Å². The van der Waals surface area contributed by atoms with E-state index in [2.05, 4.69) is 0 Å². The fourth-order valence-electron chi connectivity index (χ4n) is 3.02. The van der Waals surface area contributed by atoms with Crippen molar-refractivity contribution < 1.29 is 9.72 Å². The third-order valence-electron chi connectivity index (χ3n) is 4.41. The lowest BCUT2D eigenvalue weighted by atomic mass is 10.1. The van der Waals surface area contributed by atoms with Gasteiger partial charge in [-0.1, -0.05) is 41.4 Å². The predicted molar refractivity (Wildman–Crippen MR) is 102 cm³/mol. The van der Waals surface area contributed by atoms with Crippen LogP contribution in [-0.4, -0.2) is 41.9 Å². The molecule has 0 saturated carbocycles. The molecule has 1 aliphatic rings. The third-order valence-corrected chi connectivity index (χ3v) is 5.00. The van der Waals surface area contributed by atoms with E-state index in [1.54, 1.807) is 41.3 Å². The van der Waals surface area contributed by atoms with Crippen LogP contribution in [0.4, 0.5) is 11.4 Å². The van der Waals surface area contributed by atoms with Crippen LogP contribution in [0.2, 0.25) is 10.0 Å². The highest BCUT2D eigenvalue weighted by Gasteiger charge is 2.25. The summed E-state index contributed by atoms with van der Waals surface area (Å²) in [5, 5.41) is 12.2. The van der Waals surface area contributed by atoms with Gasteiger partial charge in [0.1, 0.15) is 5.69 Å². The van der Waals surface area contributed by atoms with Crippen molar-refractivity contribution in [3.05, 3.63) is 68.2 Å². The summed E-state index contributed by atoms with van der Waals surface area (Å²) in [5.74, 6) is -0.0172. The van der Waals surface area contributed by atoms with Gasteiger partial charge in [0.2, 0.25) is 5.91 Å². The van der Waals surface area contributed by atoms with Gasteiger partial charge >= 0.3 is 0 Å². The van der Waals surface area contributed by atoms with Crippen LogP contribution in [0.1, 0.15) is 5.56 Å². The van der Waals surface area contributed by atoms with Gasteiger partial charge < -0.3 is 9.80 Å². The minimum atomic E-state index is -0.380. The topological polar surface area (TPSA) is 66.7 Å². The molecule has 1 saturated heterocycles. The van der Waals surface area contributed by atoms with Crippen LogP contribution >= 0.6 is 23.2 Å². The molecule has 2 aromatic carbocycles. The standard InChI is InChI=1S/C18H17Cl2N3O3/c19-14-6-5-13(15(20)12-14)11-18(24)22-9-7-21(8-10-22)16-3-1-2-4-17(16)23(25)26/h1-6,12H,7-11H2. The van der Waals surface area contributed by atoms with Gasteiger partial charge in [0.25, 0.3) is 5.69 Å². The summed E-state index contributed by atoms with van der Waals surface area (Å²) < 4.78 is 0. The summed E-state index contributed by atoms with van der Waals surface area (Å²) >= 11 is 12.0. The maximum Gasteiger partial charge on any atom is 0.292 e. The Morgan fingerprint density at radius 1 is 1.08 bits per heavy atom. The molecule has 26 heavy (non-hydrogen) atoms. The van der Waals surface area contributed by atoms with Crippen LogP contribution in [-0.2, 0) is 11.2 Å². The van der Waals surface area contributed by atoms with Crippen molar-refractivity contribution in [1.29, 1.82) is 0 Å². The smallest absolute Gasteiger partial charge is 0.292 e. The maximum atomic E-state index is 12.5. The number of anilines is 1. The molecule has 2 aromatic rings. The normalized spacial score (nSPS) is 14.4. The quantitative estimate of drug-likeness (QED) is 0.585. The molecule has 1 amide bonds. The Hall–Kier alpha value is -2.31. The van der Waals surface area contributed by atoms with Crippen molar-refractivity contribution in [3.63, 3.8) is 0 Å². The molecule has 0 radical (unpaired) electrons. The van der Waals surface area contributed by atoms with Crippen molar-refractivity contribution in [2.75, 3.05) is 31.1 Å². The SMILES string of the molecule is O=C(Cc1ccc(Cl)cc1Cl)N1CCN(c2ccccc2[N+](=O)[O-])CC1. The molecule has 8 heteroatoms. The maximum absolute atomic E-state index is 12.5. The van der Waals surface area contributed by atoms with Crippen LogP contribution in [0.25, 0.3) is 0 Å². The Bertz CT molecular complexity index is 836. The van der Waals surface area contributed by atoms with E-state index in [1.807, 2.05) is 4.90 Å². The van der Waals surface area contributed by atoms with Gasteiger partial charge in [-0.2, -0.15) is 0 Å². The molecule has 1 aliphatic heterocycles. The summed E-state index contributed by atoms with van der Waals surface area (Å²) in [6.07, 6.45) is 0.210. The van der Waals surface area contributed by atoms with Gasteiger partial charge in [-0.25, -0.2) is 0 Å². The fourth-order valence-corrected chi connectivity index (χ4v) is 3.50. The number of rotatable bonds is 4. The summed E-state index contributed by atoms with van der Waals surface area (Å²) in [4.78, 5) is 27.0. The van der Waals surface area contributed by atoms with E-state index in [9.17, 15) is 14.9 Å². The number of hydrogen-bond acceptors (Lipinski definition) is 4. The molecular formula is C18H17Cl2N3O3. The van der Waals surface area contributed by atoms with Gasteiger partial charge in [-0.05, 0) is 23.8 Å². The highest BCUT2D eigenvalue weighted by molar-refractivity contribution is 6.35. The Balaban J connectivity index is 1.63. The monoisotopic (exact) mass is 393 g/mol. The number of para-hydroxylation sites is 2. The van der Waals surface area contributed by atoms with E-state index in [-0.39, 0.29) is 22.9 Å². The van der Waals surface area contributed by atoms with E-state index in [1.165, 1.54) is 6.07 Å². The minimum Gasteiger partial charge on any atom is -0.362 e. The number of carbonyl (C=O) groups is 1. The molecule has 0 atom stereocenters. The zero-order valence-corrected chi connectivity index (χ0v) is 15.4. The van der Waals surface area contributed by atoms with E-state index >= 15 is 0 Å². The van der Waals surface area contributed by atoms with E-state index in [0.29, 0.717) is 41.9 Å². The lowest BCUT2D eigenvalue weighted by Crippen LogP contribution is -2.49. The Labute approximate surface area is 161 Å². The van der Waals surface area contributed by atoms with Crippen molar-refractivity contribution in [2.24, 2.45) is 0 Å². The number of carbonyl (C=O) groups excluding carboxylic acids is 1. The molecule has 0 N–H and O–H groups in total. The summed E-state index contributed by atoms with van der Waals surface area (Å²) in [6, 6.07) is 11.8. The Kier molecular flexibility index (Phi) is 5.64. The molecule has 136 valence electrons. The molecule has 0 aromatic heterocycles. The van der Waals surface area contributed by atoms with Crippen LogP contribution in [0, 0.1) is 10.1 Å². The molecule has 0 aliphatic carbocycles. The molecule has 6 nitrogen and oxygen atoms in total. The number of hydrogen-bond donors (Lipinski definition) is 0. The van der Waals surface area contributed by atoms with Gasteiger partial charge in [-0.3, -0.25) is 14.9 Å². The second-order valence-electron chi connectivity index (χ2n) is 6.03. The summed E-state index contributed by atoms with van der Waals surface area (Å²) in [5.41, 5.74) is 1.41. The van der Waals surface area contributed by atoms with E-state index in [0.717, 1.165) is 5.56 Å². The van der Waals surface area contributed by atoms with E-state index in [4.69, 9.17) is 23.2 Å². The summed E-state index contributed by atoms with van der Waals surface area (Å²) in [6.45, 7) is 2.11. The molecule has 0 bridgehead atoms. The number of nitro groups is 1. The lowest BCUT2D eigenvalue weighted by Gasteiger charge is -2.36. The van der Waals surface area contributed by atoms with Gasteiger partial charge in [0.15, 0.2) is 0 Å². The van der Waals surface area contributed by atoms with Crippen LogP contribution in [0.15, 0.2) is 42.5 Å². The molecule has 0 spiro atoms. The first-order valence-electron chi connectivity index (χ1n) is 8.16. The molecule has 1 heterocycles. The van der Waals surface area contributed by atoms with Crippen LogP contribution in [0.3, 0.4) is 0 Å². The predicted octanol–water partition coefficient (Wildman–Crippen LogP) is 3.79. The van der Waals surface area contributed by atoms with Crippen molar-refractivity contribution >= 4 is 40.5 Å². The van der Waals surface area contributed by atoms with Crippen LogP contribution in [0.5, 0.6) is 0 Å². The number of nitro benzene ring substituents is 1. The second-order valence-corrected chi connectivity index (χ2v) is 6.87. The number of halogens is 2. The molecule has 3 rings (SSSR count). The van der Waals surface area contributed by atoms with Crippen LogP contribution < -0.4 is 4.90 Å². The van der Waals surface area contributed by atoms with Crippen molar-refractivity contribution in [3.8, 4) is 0 Å². The first-order chi connectivity index (χ1) is 12.5. The first kappa shape index (κ1) is 18.5. The number of piperazine rings is 1. The molecule has 1 fully saturated rings. The van der Waals surface area contributed by atoms with Crippen molar-refractivity contribution in [1.82, 2.24) is 4.90 Å². The lowest BCUT2D eigenvalue weighted by molar-refractivity contribution is -0.384. The summed E-state index contributed by atoms with van der Waals surface area (Å²) in [7, 11) is 0. The molecule has 0 unspecified atom stereocenters. The highest BCUT2D eigenvalue weighted by Crippen LogP contribution is 2.28. The minimum absolute atomic E-state index is 0.0172.